The van der Waals surface area contributed by atoms with E-state index in [0.717, 1.165) is 22.0 Å². The first-order chi connectivity index (χ1) is 13.8. The Morgan fingerprint density at radius 1 is 1.10 bits per heavy atom. The Balaban J connectivity index is 1.64. The van der Waals surface area contributed by atoms with Crippen molar-refractivity contribution in [3.05, 3.63) is 42.2 Å². The third-order valence-electron chi connectivity index (χ3n) is 4.08. The lowest BCUT2D eigenvalue weighted by Crippen LogP contribution is -2.30. The molecule has 154 valence electrons. The van der Waals surface area contributed by atoms with Crippen molar-refractivity contribution in [2.75, 3.05) is 0 Å². The van der Waals surface area contributed by atoms with Gasteiger partial charge < -0.3 is 14.8 Å². The van der Waals surface area contributed by atoms with Crippen molar-refractivity contribution in [1.82, 2.24) is 20.5 Å². The monoisotopic (exact) mass is 414 g/mol. The van der Waals surface area contributed by atoms with Crippen LogP contribution in [0.3, 0.4) is 0 Å². The number of aromatic nitrogens is 3. The Morgan fingerprint density at radius 3 is 2.45 bits per heavy atom. The maximum atomic E-state index is 11.9. The number of rotatable bonds is 8. The average Bonchev–Trinajstić information content (AvgIpc) is 3.32. The molecule has 0 saturated carbocycles. The number of benzene rings is 1. The summed E-state index contributed by atoms with van der Waals surface area (Å²) in [6.07, 6.45) is 1.86. The molecule has 0 fully saturated rings. The highest BCUT2D eigenvalue weighted by atomic mass is 32.1. The quantitative estimate of drug-likeness (QED) is 0.545. The number of carbonyl (C=O) groups excluding carboxylic acids is 1. The van der Waals surface area contributed by atoms with Gasteiger partial charge in [0.25, 0.3) is 5.19 Å². The molecule has 8 heteroatoms. The molecule has 29 heavy (non-hydrogen) atoms. The fourth-order valence-corrected chi connectivity index (χ4v) is 3.27. The fourth-order valence-electron chi connectivity index (χ4n) is 2.53. The number of ether oxygens (including phenoxy) is 2. The van der Waals surface area contributed by atoms with Gasteiger partial charge in [-0.2, -0.15) is 5.10 Å². The average molecular weight is 415 g/mol. The van der Waals surface area contributed by atoms with Crippen LogP contribution in [0.15, 0.2) is 36.5 Å². The van der Waals surface area contributed by atoms with Gasteiger partial charge in [0.2, 0.25) is 5.91 Å². The van der Waals surface area contributed by atoms with Crippen LogP contribution in [0.25, 0.3) is 10.6 Å². The smallest absolute Gasteiger partial charge is 0.279 e. The van der Waals surface area contributed by atoms with Gasteiger partial charge in [-0.05, 0) is 51.1 Å². The van der Waals surface area contributed by atoms with Crippen LogP contribution in [0.5, 0.6) is 16.7 Å². The zero-order valence-electron chi connectivity index (χ0n) is 17.2. The van der Waals surface area contributed by atoms with Crippen LogP contribution in [-0.4, -0.2) is 27.2 Å². The summed E-state index contributed by atoms with van der Waals surface area (Å²) in [6, 6.07) is 9.21. The molecule has 1 unspecified atom stereocenters. The van der Waals surface area contributed by atoms with Crippen molar-refractivity contribution < 1.29 is 14.3 Å². The van der Waals surface area contributed by atoms with E-state index in [-0.39, 0.29) is 24.0 Å². The second-order valence-corrected chi connectivity index (χ2v) is 8.32. The largest absolute Gasteiger partial charge is 0.491 e. The molecule has 1 aromatic carbocycles. The lowest BCUT2D eigenvalue weighted by Gasteiger charge is -2.13. The van der Waals surface area contributed by atoms with Crippen LogP contribution in [0.1, 0.15) is 46.4 Å². The summed E-state index contributed by atoms with van der Waals surface area (Å²) < 4.78 is 11.5. The van der Waals surface area contributed by atoms with Gasteiger partial charge in [0, 0.05) is 5.92 Å². The molecule has 0 aliphatic carbocycles. The summed E-state index contributed by atoms with van der Waals surface area (Å²) >= 11 is 1.41. The maximum Gasteiger partial charge on any atom is 0.279 e. The van der Waals surface area contributed by atoms with Crippen LogP contribution >= 0.6 is 11.3 Å². The molecule has 7 nitrogen and oxygen atoms in total. The van der Waals surface area contributed by atoms with Crippen LogP contribution < -0.4 is 14.8 Å². The van der Waals surface area contributed by atoms with Crippen molar-refractivity contribution >= 4 is 17.2 Å². The van der Waals surface area contributed by atoms with Crippen LogP contribution in [0.4, 0.5) is 0 Å². The van der Waals surface area contributed by atoms with Gasteiger partial charge in [0.05, 0.1) is 28.9 Å². The third kappa shape index (κ3) is 5.57. The van der Waals surface area contributed by atoms with Crippen LogP contribution in [-0.2, 0) is 4.79 Å². The highest BCUT2D eigenvalue weighted by Gasteiger charge is 2.16. The van der Waals surface area contributed by atoms with Crippen molar-refractivity contribution in [3.8, 4) is 27.3 Å². The number of aromatic amines is 1. The van der Waals surface area contributed by atoms with E-state index in [0.29, 0.717) is 10.9 Å². The maximum absolute atomic E-state index is 11.9. The molecule has 1 amide bonds. The molecule has 2 heterocycles. The minimum absolute atomic E-state index is 0.00643. The fraction of sp³-hybridized carbons (Fsp3) is 0.381. The van der Waals surface area contributed by atoms with Gasteiger partial charge in [-0.1, -0.05) is 25.2 Å². The Morgan fingerprint density at radius 2 is 1.79 bits per heavy atom. The summed E-state index contributed by atoms with van der Waals surface area (Å²) in [4.78, 5) is 17.1. The van der Waals surface area contributed by atoms with E-state index in [1.807, 2.05) is 65.0 Å². The number of carbonyl (C=O) groups is 1. The van der Waals surface area contributed by atoms with Crippen molar-refractivity contribution in [3.63, 3.8) is 0 Å². The van der Waals surface area contributed by atoms with E-state index < -0.39 is 0 Å². The standard InChI is InChI=1S/C21H26N4O3S/c1-12(2)20(26)23-14(5)17-10-18(25-24-17)19-11-22-21(29-19)28-16-8-6-15(7-9-16)27-13(3)4/h6-14H,1-5H3,(H,23,26)(H,24,25). The predicted octanol–water partition coefficient (Wildman–Crippen LogP) is 4.95. The Bertz CT molecular complexity index is 947. The van der Waals surface area contributed by atoms with Crippen LogP contribution in [0, 0.1) is 5.92 Å². The van der Waals surface area contributed by atoms with Gasteiger partial charge in [0.15, 0.2) is 0 Å². The first-order valence-corrected chi connectivity index (χ1v) is 10.4. The van der Waals surface area contributed by atoms with Crippen LogP contribution in [0.2, 0.25) is 0 Å². The second kappa shape index (κ2) is 9.09. The summed E-state index contributed by atoms with van der Waals surface area (Å²) in [5.74, 6) is 1.43. The van der Waals surface area contributed by atoms with Gasteiger partial charge >= 0.3 is 0 Å². The van der Waals surface area contributed by atoms with Gasteiger partial charge in [-0.3, -0.25) is 9.89 Å². The number of hydrogen-bond donors (Lipinski definition) is 2. The van der Waals surface area contributed by atoms with Crippen molar-refractivity contribution in [2.45, 2.75) is 46.8 Å². The molecule has 2 aromatic heterocycles. The SMILES string of the molecule is CC(C)Oc1ccc(Oc2ncc(-c3cc(C(C)NC(=O)C(C)C)[nH]n3)s2)cc1. The minimum Gasteiger partial charge on any atom is -0.491 e. The van der Waals surface area contributed by atoms with E-state index in [1.54, 1.807) is 6.20 Å². The second-order valence-electron chi connectivity index (χ2n) is 7.32. The zero-order valence-corrected chi connectivity index (χ0v) is 18.0. The minimum atomic E-state index is -0.152. The molecule has 0 aliphatic rings. The Labute approximate surface area is 174 Å². The molecule has 1 atom stereocenters. The van der Waals surface area contributed by atoms with E-state index in [4.69, 9.17) is 9.47 Å². The lowest BCUT2D eigenvalue weighted by atomic mass is 10.1. The topological polar surface area (TPSA) is 89.1 Å². The summed E-state index contributed by atoms with van der Waals surface area (Å²) in [5, 5.41) is 10.8. The molecule has 3 rings (SSSR count). The first-order valence-electron chi connectivity index (χ1n) is 9.58. The molecule has 0 radical (unpaired) electrons. The molecule has 2 N–H and O–H groups in total. The van der Waals surface area contributed by atoms with Crippen molar-refractivity contribution in [2.24, 2.45) is 5.92 Å². The zero-order chi connectivity index (χ0) is 21.0. The highest BCUT2D eigenvalue weighted by Crippen LogP contribution is 2.33. The van der Waals surface area contributed by atoms with E-state index in [9.17, 15) is 4.79 Å². The summed E-state index contributed by atoms with van der Waals surface area (Å²) in [7, 11) is 0. The lowest BCUT2D eigenvalue weighted by molar-refractivity contribution is -0.124. The molecule has 0 saturated heterocycles. The highest BCUT2D eigenvalue weighted by molar-refractivity contribution is 7.16. The third-order valence-corrected chi connectivity index (χ3v) is 4.98. The molecule has 0 bridgehead atoms. The molecule has 3 aromatic rings. The van der Waals surface area contributed by atoms with Gasteiger partial charge in [0.1, 0.15) is 17.2 Å². The predicted molar refractivity (Wildman–Crippen MR) is 113 cm³/mol. The summed E-state index contributed by atoms with van der Waals surface area (Å²) in [6.45, 7) is 9.63. The van der Waals surface area contributed by atoms with E-state index in [1.165, 1.54) is 11.3 Å². The molecular formula is C21H26N4O3S. The van der Waals surface area contributed by atoms with E-state index >= 15 is 0 Å². The van der Waals surface area contributed by atoms with E-state index in [2.05, 4.69) is 20.5 Å². The Kier molecular flexibility index (Phi) is 6.53. The number of H-pyrrole nitrogens is 1. The number of nitrogens with zero attached hydrogens (tertiary/aromatic N) is 2. The Hall–Kier alpha value is -2.87. The first kappa shape index (κ1) is 20.9. The molecule has 0 aliphatic heterocycles. The van der Waals surface area contributed by atoms with Gasteiger partial charge in [-0.15, -0.1) is 0 Å². The number of hydrogen-bond acceptors (Lipinski definition) is 6. The van der Waals surface area contributed by atoms with Gasteiger partial charge in [-0.25, -0.2) is 4.98 Å². The normalized spacial score (nSPS) is 12.2. The molecule has 0 spiro atoms. The number of nitrogens with one attached hydrogen (secondary N) is 2. The molecular weight excluding hydrogens is 388 g/mol. The summed E-state index contributed by atoms with van der Waals surface area (Å²) in [5.41, 5.74) is 1.60. The number of thiazole rings is 1. The van der Waals surface area contributed by atoms with Crippen molar-refractivity contribution in [1.29, 1.82) is 0 Å². The number of amides is 1.